The molecule has 0 aliphatic heterocycles. The number of nitrogens with zero attached hydrogens (tertiary/aromatic N) is 2. The van der Waals surface area contributed by atoms with Gasteiger partial charge in [0.15, 0.2) is 0 Å². The molecule has 15 heavy (non-hydrogen) atoms. The molecular weight excluding hydrogens is 240 g/mol. The second-order valence-electron chi connectivity index (χ2n) is 2.83. The van der Waals surface area contributed by atoms with Gasteiger partial charge in [-0.15, -0.1) is 11.6 Å². The molecule has 84 valence electrons. The normalized spacial score (nSPS) is 11.6. The van der Waals surface area contributed by atoms with Crippen LogP contribution in [0.3, 0.4) is 0 Å². The van der Waals surface area contributed by atoms with Gasteiger partial charge in [-0.3, -0.25) is 4.79 Å². The number of aryl methyl sites for hydroxylation is 1. The van der Waals surface area contributed by atoms with Gasteiger partial charge in [-0.2, -0.15) is 0 Å². The van der Waals surface area contributed by atoms with Crippen molar-refractivity contribution in [2.24, 2.45) is 0 Å². The van der Waals surface area contributed by atoms with Gasteiger partial charge < -0.3 is 4.57 Å². The fourth-order valence-electron chi connectivity index (χ4n) is 1.09. The number of rotatable bonds is 4. The third-order valence-corrected chi connectivity index (χ3v) is 3.89. The Morgan fingerprint density at radius 3 is 2.73 bits per heavy atom. The minimum Gasteiger partial charge on any atom is -0.312 e. The Balaban J connectivity index is 3.34. The summed E-state index contributed by atoms with van der Waals surface area (Å²) in [5.41, 5.74) is -0.592. The van der Waals surface area contributed by atoms with Crippen molar-refractivity contribution in [1.82, 2.24) is 9.55 Å². The lowest BCUT2D eigenvalue weighted by Gasteiger charge is -2.04. The Kier molecular flexibility index (Phi) is 3.87. The van der Waals surface area contributed by atoms with Crippen LogP contribution in [0.1, 0.15) is 6.92 Å². The van der Waals surface area contributed by atoms with Gasteiger partial charge in [0.25, 0.3) is 5.56 Å². The summed E-state index contributed by atoms with van der Waals surface area (Å²) in [5.74, 6) is -0.324. The Hall–Kier alpha value is -0.880. The van der Waals surface area contributed by atoms with Crippen molar-refractivity contribution in [2.75, 3.05) is 11.6 Å². The van der Waals surface area contributed by atoms with Crippen LogP contribution in [-0.2, 0) is 16.4 Å². The Bertz CT molecular complexity index is 495. The van der Waals surface area contributed by atoms with E-state index in [1.807, 2.05) is 0 Å². The maximum atomic E-state index is 11.6. The van der Waals surface area contributed by atoms with E-state index in [9.17, 15) is 13.2 Å². The van der Waals surface area contributed by atoms with Crippen molar-refractivity contribution in [3.8, 4) is 0 Å². The average Bonchev–Trinajstić information content (AvgIpc) is 2.17. The minimum atomic E-state index is -3.65. The SMILES string of the molecule is CCn1ccnc(S(=O)(=O)CCCl)c1=O. The summed E-state index contributed by atoms with van der Waals surface area (Å²) in [5, 5.41) is -0.424. The maximum Gasteiger partial charge on any atom is 0.288 e. The summed E-state index contributed by atoms with van der Waals surface area (Å²) < 4.78 is 24.4. The number of hydrogen-bond donors (Lipinski definition) is 0. The van der Waals surface area contributed by atoms with E-state index in [0.29, 0.717) is 6.54 Å². The van der Waals surface area contributed by atoms with Gasteiger partial charge in [0.1, 0.15) is 0 Å². The average molecular weight is 251 g/mol. The number of alkyl halides is 1. The molecular formula is C8H11ClN2O3S. The maximum absolute atomic E-state index is 11.6. The summed E-state index contributed by atoms with van der Waals surface area (Å²) in [4.78, 5) is 15.2. The molecule has 1 heterocycles. The van der Waals surface area contributed by atoms with Gasteiger partial charge in [-0.1, -0.05) is 0 Å². The van der Waals surface area contributed by atoms with E-state index in [0.717, 1.165) is 0 Å². The summed E-state index contributed by atoms with van der Waals surface area (Å²) in [6.07, 6.45) is 2.74. The van der Waals surface area contributed by atoms with Crippen LogP contribution in [0.25, 0.3) is 0 Å². The van der Waals surface area contributed by atoms with E-state index in [4.69, 9.17) is 11.6 Å². The lowest BCUT2D eigenvalue weighted by atomic mass is 10.6. The molecule has 0 atom stereocenters. The number of hydrogen-bond acceptors (Lipinski definition) is 4. The van der Waals surface area contributed by atoms with E-state index >= 15 is 0 Å². The van der Waals surface area contributed by atoms with Crippen LogP contribution in [0.15, 0.2) is 22.2 Å². The molecule has 0 amide bonds. The van der Waals surface area contributed by atoms with Gasteiger partial charge in [0, 0.05) is 24.8 Å². The zero-order valence-corrected chi connectivity index (χ0v) is 9.75. The predicted molar refractivity (Wildman–Crippen MR) is 56.9 cm³/mol. The minimum absolute atomic E-state index is 0.0511. The van der Waals surface area contributed by atoms with Gasteiger partial charge in [-0.25, -0.2) is 13.4 Å². The summed E-state index contributed by atoms with van der Waals surface area (Å²) in [6, 6.07) is 0. The zero-order valence-electron chi connectivity index (χ0n) is 8.18. The van der Waals surface area contributed by atoms with Gasteiger partial charge >= 0.3 is 0 Å². The van der Waals surface area contributed by atoms with E-state index < -0.39 is 20.4 Å². The van der Waals surface area contributed by atoms with Crippen LogP contribution < -0.4 is 5.56 Å². The quantitative estimate of drug-likeness (QED) is 0.720. The van der Waals surface area contributed by atoms with Crippen molar-refractivity contribution >= 4 is 21.4 Å². The van der Waals surface area contributed by atoms with Crippen LogP contribution in [0.2, 0.25) is 0 Å². The summed E-state index contributed by atoms with van der Waals surface area (Å²) in [7, 11) is -3.65. The molecule has 0 fully saturated rings. The van der Waals surface area contributed by atoms with Crippen molar-refractivity contribution in [2.45, 2.75) is 18.5 Å². The molecule has 1 aromatic rings. The molecule has 1 rings (SSSR count). The molecule has 0 unspecified atom stereocenters. The van der Waals surface area contributed by atoms with Crippen molar-refractivity contribution in [1.29, 1.82) is 0 Å². The Morgan fingerprint density at radius 1 is 1.53 bits per heavy atom. The van der Waals surface area contributed by atoms with Crippen LogP contribution in [-0.4, -0.2) is 29.6 Å². The first-order valence-corrected chi connectivity index (χ1v) is 6.55. The molecule has 0 saturated heterocycles. The van der Waals surface area contributed by atoms with E-state index in [1.165, 1.54) is 17.0 Å². The number of sulfone groups is 1. The highest BCUT2D eigenvalue weighted by atomic mass is 35.5. The smallest absolute Gasteiger partial charge is 0.288 e. The first kappa shape index (κ1) is 12.2. The van der Waals surface area contributed by atoms with Crippen molar-refractivity contribution in [3.05, 3.63) is 22.7 Å². The number of aromatic nitrogens is 2. The predicted octanol–water partition coefficient (Wildman–Crippen LogP) is 0.276. The molecule has 5 nitrogen and oxygen atoms in total. The lowest BCUT2D eigenvalue weighted by molar-refractivity contribution is 0.586. The number of halogens is 1. The van der Waals surface area contributed by atoms with E-state index in [-0.39, 0.29) is 11.6 Å². The highest BCUT2D eigenvalue weighted by Gasteiger charge is 2.20. The third kappa shape index (κ3) is 2.57. The van der Waals surface area contributed by atoms with Crippen LogP contribution >= 0.6 is 11.6 Å². The monoisotopic (exact) mass is 250 g/mol. The Labute approximate surface area is 92.6 Å². The zero-order chi connectivity index (χ0) is 11.5. The van der Waals surface area contributed by atoms with Gasteiger partial charge in [0.05, 0.1) is 5.75 Å². The first-order valence-electron chi connectivity index (χ1n) is 4.37. The van der Waals surface area contributed by atoms with Gasteiger partial charge in [-0.05, 0) is 6.92 Å². The van der Waals surface area contributed by atoms with Crippen molar-refractivity contribution < 1.29 is 8.42 Å². The van der Waals surface area contributed by atoms with E-state index in [1.54, 1.807) is 6.92 Å². The molecule has 0 bridgehead atoms. The van der Waals surface area contributed by atoms with Crippen LogP contribution in [0.4, 0.5) is 0 Å². The molecule has 0 aliphatic rings. The molecule has 0 radical (unpaired) electrons. The fraction of sp³-hybridized carbons (Fsp3) is 0.500. The molecule has 7 heteroatoms. The molecule has 0 spiro atoms. The molecule has 0 aliphatic carbocycles. The highest BCUT2D eigenvalue weighted by Crippen LogP contribution is 2.02. The summed E-state index contributed by atoms with van der Waals surface area (Å²) >= 11 is 5.35. The standard InChI is InChI=1S/C8H11ClN2O3S/c1-2-11-5-4-10-7(8(11)12)15(13,14)6-3-9/h4-5H,2-3,6H2,1H3. The Morgan fingerprint density at radius 2 is 2.20 bits per heavy atom. The fourth-order valence-corrected chi connectivity index (χ4v) is 2.70. The highest BCUT2D eigenvalue weighted by molar-refractivity contribution is 7.91. The second-order valence-corrected chi connectivity index (χ2v) is 5.23. The lowest BCUT2D eigenvalue weighted by Crippen LogP contribution is -2.28. The molecule has 0 N–H and O–H groups in total. The van der Waals surface area contributed by atoms with E-state index in [2.05, 4.69) is 4.98 Å². The largest absolute Gasteiger partial charge is 0.312 e. The second kappa shape index (κ2) is 4.76. The van der Waals surface area contributed by atoms with Gasteiger partial charge in [0.2, 0.25) is 14.9 Å². The molecule has 1 aromatic heterocycles. The first-order chi connectivity index (χ1) is 7.03. The third-order valence-electron chi connectivity index (χ3n) is 1.86. The van der Waals surface area contributed by atoms with Crippen LogP contribution in [0.5, 0.6) is 0 Å². The molecule has 0 saturated carbocycles. The summed E-state index contributed by atoms with van der Waals surface area (Å²) in [6.45, 7) is 2.16. The van der Waals surface area contributed by atoms with Crippen LogP contribution in [0, 0.1) is 0 Å². The van der Waals surface area contributed by atoms with Crippen molar-refractivity contribution in [3.63, 3.8) is 0 Å². The molecule has 0 aromatic carbocycles. The topological polar surface area (TPSA) is 69.0 Å².